The molecule has 1 aliphatic rings. The summed E-state index contributed by atoms with van der Waals surface area (Å²) >= 11 is 6.32. The zero-order valence-electron chi connectivity index (χ0n) is 16.0. The van der Waals surface area contributed by atoms with E-state index in [1.165, 1.54) is 0 Å². The molecule has 2 aromatic rings. The van der Waals surface area contributed by atoms with E-state index in [1.54, 1.807) is 25.4 Å². The Bertz CT molecular complexity index is 876. The number of Topliss-reactive ketones (excluding diaryl/α,β-unsaturated/α-hetero) is 1. The van der Waals surface area contributed by atoms with Gasteiger partial charge in [-0.25, -0.2) is 9.97 Å². The first-order valence-corrected chi connectivity index (χ1v) is 9.28. The minimum absolute atomic E-state index is 0.164. The Morgan fingerprint density at radius 2 is 2.15 bits per heavy atom. The second-order valence-corrected chi connectivity index (χ2v) is 7.96. The fourth-order valence-electron chi connectivity index (χ4n) is 3.04. The number of hydrogen-bond donors (Lipinski definition) is 0. The SMILES string of the molecule is CC(=O)C[C@@H](C)/C=C/c1cnc(Oc2cc3c(cc2Cl)OC(C)(C)C3)cn1. The lowest BCUT2D eigenvalue weighted by Crippen LogP contribution is -2.24. The van der Waals surface area contributed by atoms with Crippen LogP contribution in [0.15, 0.2) is 30.6 Å². The van der Waals surface area contributed by atoms with Crippen molar-refractivity contribution in [1.82, 2.24) is 9.97 Å². The van der Waals surface area contributed by atoms with Gasteiger partial charge in [0.15, 0.2) is 0 Å². The number of ether oxygens (including phenoxy) is 2. The number of allylic oxidation sites excluding steroid dienone is 1. The molecule has 1 aromatic carbocycles. The van der Waals surface area contributed by atoms with E-state index in [0.717, 1.165) is 17.7 Å². The molecule has 0 fully saturated rings. The first kappa shape index (κ1) is 19.4. The van der Waals surface area contributed by atoms with Crippen molar-refractivity contribution in [3.8, 4) is 17.4 Å². The maximum atomic E-state index is 11.1. The Morgan fingerprint density at radius 3 is 2.81 bits per heavy atom. The molecule has 1 atom stereocenters. The topological polar surface area (TPSA) is 61.3 Å². The van der Waals surface area contributed by atoms with Crippen molar-refractivity contribution >= 4 is 23.5 Å². The molecule has 0 spiro atoms. The minimum Gasteiger partial charge on any atom is -0.487 e. The molecule has 2 heterocycles. The van der Waals surface area contributed by atoms with Crippen molar-refractivity contribution < 1.29 is 14.3 Å². The summed E-state index contributed by atoms with van der Waals surface area (Å²) in [5, 5.41) is 0.468. The summed E-state index contributed by atoms with van der Waals surface area (Å²) in [4.78, 5) is 19.7. The number of halogens is 1. The first-order chi connectivity index (χ1) is 12.7. The van der Waals surface area contributed by atoms with Crippen LogP contribution >= 0.6 is 11.6 Å². The van der Waals surface area contributed by atoms with Crippen LogP contribution < -0.4 is 9.47 Å². The molecule has 0 amide bonds. The Balaban J connectivity index is 1.69. The molecular weight excluding hydrogens is 364 g/mol. The minimum atomic E-state index is -0.238. The van der Waals surface area contributed by atoms with Gasteiger partial charge < -0.3 is 14.3 Å². The molecule has 0 bridgehead atoms. The van der Waals surface area contributed by atoms with Crippen molar-refractivity contribution in [3.63, 3.8) is 0 Å². The highest BCUT2D eigenvalue weighted by Crippen LogP contribution is 2.41. The van der Waals surface area contributed by atoms with E-state index in [1.807, 2.05) is 39.0 Å². The van der Waals surface area contributed by atoms with Crippen LogP contribution in [0.5, 0.6) is 17.4 Å². The summed E-state index contributed by atoms with van der Waals surface area (Å²) in [6.07, 6.45) is 8.29. The summed E-state index contributed by atoms with van der Waals surface area (Å²) in [6, 6.07) is 3.67. The predicted molar refractivity (Wildman–Crippen MR) is 105 cm³/mol. The second kappa shape index (κ2) is 7.69. The van der Waals surface area contributed by atoms with E-state index in [0.29, 0.717) is 28.8 Å². The third-order valence-electron chi connectivity index (χ3n) is 4.19. The normalized spacial score (nSPS) is 16.0. The van der Waals surface area contributed by atoms with Crippen LogP contribution in [0.1, 0.15) is 45.4 Å². The molecular formula is C21H23ClN2O3. The lowest BCUT2D eigenvalue weighted by atomic mass is 10.0. The summed E-state index contributed by atoms with van der Waals surface area (Å²) < 4.78 is 11.7. The van der Waals surface area contributed by atoms with E-state index in [2.05, 4.69) is 9.97 Å². The Morgan fingerprint density at radius 1 is 1.37 bits per heavy atom. The number of carbonyl (C=O) groups is 1. The Labute approximate surface area is 164 Å². The third kappa shape index (κ3) is 5.07. The van der Waals surface area contributed by atoms with Crippen LogP contribution in [0.4, 0.5) is 0 Å². The van der Waals surface area contributed by atoms with Gasteiger partial charge in [-0.1, -0.05) is 24.6 Å². The van der Waals surface area contributed by atoms with Gasteiger partial charge in [-0.2, -0.15) is 0 Å². The summed E-state index contributed by atoms with van der Waals surface area (Å²) in [5.74, 6) is 2.02. The summed E-state index contributed by atoms with van der Waals surface area (Å²) in [5.41, 5.74) is 1.52. The van der Waals surface area contributed by atoms with E-state index in [4.69, 9.17) is 21.1 Å². The number of carbonyl (C=O) groups excluding carboxylic acids is 1. The molecule has 1 aliphatic heterocycles. The smallest absolute Gasteiger partial charge is 0.237 e. The highest BCUT2D eigenvalue weighted by atomic mass is 35.5. The van der Waals surface area contributed by atoms with E-state index in [9.17, 15) is 4.79 Å². The van der Waals surface area contributed by atoms with Crippen LogP contribution in [0.25, 0.3) is 6.08 Å². The van der Waals surface area contributed by atoms with E-state index >= 15 is 0 Å². The molecule has 0 saturated carbocycles. The van der Waals surface area contributed by atoms with Crippen LogP contribution in [0.2, 0.25) is 5.02 Å². The van der Waals surface area contributed by atoms with Gasteiger partial charge in [0.25, 0.3) is 0 Å². The van der Waals surface area contributed by atoms with Gasteiger partial charge in [-0.05, 0) is 38.8 Å². The molecule has 0 saturated heterocycles. The van der Waals surface area contributed by atoms with Crippen LogP contribution in [-0.2, 0) is 11.2 Å². The maximum absolute atomic E-state index is 11.1. The number of ketones is 1. The third-order valence-corrected chi connectivity index (χ3v) is 4.48. The molecule has 0 N–H and O–H groups in total. The monoisotopic (exact) mass is 386 g/mol. The predicted octanol–water partition coefficient (Wildman–Crippen LogP) is 5.26. The fourth-order valence-corrected chi connectivity index (χ4v) is 3.24. The van der Waals surface area contributed by atoms with Crippen molar-refractivity contribution in [2.24, 2.45) is 5.92 Å². The quantitative estimate of drug-likeness (QED) is 0.677. The standard InChI is InChI=1S/C21H23ClN2O3/c1-13(7-14(2)25)5-6-16-11-24-20(12-23-16)26-19-8-15-10-21(3,4)27-18(15)9-17(19)22/h5-6,8-9,11-13H,7,10H2,1-4H3/b6-5+/t13-/m0/s1. The summed E-state index contributed by atoms with van der Waals surface area (Å²) in [6.45, 7) is 7.66. The number of benzene rings is 1. The fraction of sp³-hybridized carbons (Fsp3) is 0.381. The van der Waals surface area contributed by atoms with Crippen molar-refractivity contribution in [2.75, 3.05) is 0 Å². The average molecular weight is 387 g/mol. The van der Waals surface area contributed by atoms with Gasteiger partial charge in [0, 0.05) is 24.5 Å². The largest absolute Gasteiger partial charge is 0.487 e. The molecule has 0 radical (unpaired) electrons. The lowest BCUT2D eigenvalue weighted by molar-refractivity contribution is -0.117. The Hall–Kier alpha value is -2.40. The van der Waals surface area contributed by atoms with Crippen molar-refractivity contribution in [1.29, 1.82) is 0 Å². The van der Waals surface area contributed by atoms with Gasteiger partial charge >= 0.3 is 0 Å². The average Bonchev–Trinajstić information content (AvgIpc) is 2.87. The number of nitrogens with zero attached hydrogens (tertiary/aromatic N) is 2. The number of aromatic nitrogens is 2. The lowest BCUT2D eigenvalue weighted by Gasteiger charge is -2.16. The van der Waals surface area contributed by atoms with Crippen molar-refractivity contribution in [2.45, 2.75) is 46.1 Å². The van der Waals surface area contributed by atoms with Gasteiger partial charge in [-0.3, -0.25) is 0 Å². The molecule has 1 aromatic heterocycles. The highest BCUT2D eigenvalue weighted by molar-refractivity contribution is 6.32. The number of rotatable bonds is 6. The van der Waals surface area contributed by atoms with Crippen LogP contribution in [0.3, 0.4) is 0 Å². The van der Waals surface area contributed by atoms with Gasteiger partial charge in [0.05, 0.1) is 23.1 Å². The van der Waals surface area contributed by atoms with Crippen LogP contribution in [0, 0.1) is 5.92 Å². The molecule has 0 aliphatic carbocycles. The highest BCUT2D eigenvalue weighted by Gasteiger charge is 2.31. The van der Waals surface area contributed by atoms with Gasteiger partial charge in [0.1, 0.15) is 22.9 Å². The maximum Gasteiger partial charge on any atom is 0.237 e. The van der Waals surface area contributed by atoms with Gasteiger partial charge in [0.2, 0.25) is 5.88 Å². The Kier molecular flexibility index (Phi) is 5.51. The molecule has 0 unspecified atom stereocenters. The molecule has 3 rings (SSSR count). The molecule has 142 valence electrons. The molecule has 27 heavy (non-hydrogen) atoms. The number of fused-ring (bicyclic) bond motifs is 1. The van der Waals surface area contributed by atoms with Crippen LogP contribution in [-0.4, -0.2) is 21.4 Å². The second-order valence-electron chi connectivity index (χ2n) is 7.55. The van der Waals surface area contributed by atoms with E-state index < -0.39 is 0 Å². The van der Waals surface area contributed by atoms with Crippen molar-refractivity contribution in [3.05, 3.63) is 46.9 Å². The molecule has 5 nitrogen and oxygen atoms in total. The zero-order valence-corrected chi connectivity index (χ0v) is 16.7. The summed E-state index contributed by atoms with van der Waals surface area (Å²) in [7, 11) is 0. The van der Waals surface area contributed by atoms with E-state index in [-0.39, 0.29) is 17.3 Å². The first-order valence-electron chi connectivity index (χ1n) is 8.91. The van der Waals surface area contributed by atoms with Gasteiger partial charge in [-0.15, -0.1) is 0 Å². The zero-order chi connectivity index (χ0) is 19.6. The molecule has 6 heteroatoms. The number of hydrogen-bond acceptors (Lipinski definition) is 5.